The van der Waals surface area contributed by atoms with Crippen molar-refractivity contribution in [2.45, 2.75) is 46.1 Å². The van der Waals surface area contributed by atoms with Crippen LogP contribution in [0.5, 0.6) is 0 Å². The smallest absolute Gasteiger partial charge is 0.287 e. The lowest BCUT2D eigenvalue weighted by Gasteiger charge is -2.31. The molecule has 0 fully saturated rings. The van der Waals surface area contributed by atoms with Crippen LogP contribution < -0.4 is 4.90 Å². The third-order valence-electron chi connectivity index (χ3n) is 3.50. The second kappa shape index (κ2) is 7.49. The Labute approximate surface area is 120 Å². The van der Waals surface area contributed by atoms with Crippen molar-refractivity contribution in [1.29, 1.82) is 5.26 Å². The average molecular weight is 275 g/mol. The molecule has 0 saturated carbocycles. The molecule has 0 aromatic heterocycles. The molecule has 20 heavy (non-hydrogen) atoms. The number of nitriles is 1. The highest BCUT2D eigenvalue weighted by Crippen LogP contribution is 2.26. The number of rotatable bonds is 7. The fourth-order valence-electron chi connectivity index (χ4n) is 2.10. The first kappa shape index (κ1) is 16.0. The van der Waals surface area contributed by atoms with Crippen LogP contribution in [0.1, 0.15) is 45.6 Å². The van der Waals surface area contributed by atoms with E-state index < -0.39 is 4.92 Å². The van der Waals surface area contributed by atoms with Crippen LogP contribution in [0.2, 0.25) is 0 Å². The molecular formula is C15H21N3O2. The highest BCUT2D eigenvalue weighted by Gasteiger charge is 2.18. The van der Waals surface area contributed by atoms with Crippen molar-refractivity contribution in [3.63, 3.8) is 0 Å². The fourth-order valence-corrected chi connectivity index (χ4v) is 2.10. The van der Waals surface area contributed by atoms with Crippen molar-refractivity contribution < 1.29 is 4.92 Å². The van der Waals surface area contributed by atoms with E-state index in [0.717, 1.165) is 31.5 Å². The third-order valence-corrected chi connectivity index (χ3v) is 3.50. The standard InChI is InChI=1S/C15H21N3O2/c1-4-6-9-17(12(3)5-2)14-7-8-15(18(19)20)13(10-14)11-16/h7-8,10,12H,4-6,9H2,1-3H3. The van der Waals surface area contributed by atoms with Crippen LogP contribution in [-0.2, 0) is 0 Å². The number of nitrogens with zero attached hydrogens (tertiary/aromatic N) is 3. The van der Waals surface area contributed by atoms with Crippen molar-refractivity contribution in [3.05, 3.63) is 33.9 Å². The molecule has 1 aromatic carbocycles. The summed E-state index contributed by atoms with van der Waals surface area (Å²) in [4.78, 5) is 12.6. The van der Waals surface area contributed by atoms with E-state index in [1.54, 1.807) is 12.1 Å². The minimum atomic E-state index is -0.512. The lowest BCUT2D eigenvalue weighted by Crippen LogP contribution is -2.33. The molecule has 0 aliphatic rings. The van der Waals surface area contributed by atoms with Crippen molar-refractivity contribution in [1.82, 2.24) is 0 Å². The van der Waals surface area contributed by atoms with Crippen molar-refractivity contribution in [3.8, 4) is 6.07 Å². The Morgan fingerprint density at radius 2 is 2.15 bits per heavy atom. The van der Waals surface area contributed by atoms with Crippen LogP contribution in [0.4, 0.5) is 11.4 Å². The Hall–Kier alpha value is -2.09. The van der Waals surface area contributed by atoms with E-state index in [9.17, 15) is 10.1 Å². The molecule has 1 aromatic rings. The lowest BCUT2D eigenvalue weighted by atomic mass is 10.1. The summed E-state index contributed by atoms with van der Waals surface area (Å²) in [5.41, 5.74) is 0.878. The van der Waals surface area contributed by atoms with Crippen LogP contribution in [0.15, 0.2) is 18.2 Å². The van der Waals surface area contributed by atoms with Crippen LogP contribution >= 0.6 is 0 Å². The van der Waals surface area contributed by atoms with Gasteiger partial charge >= 0.3 is 0 Å². The van der Waals surface area contributed by atoms with Crippen LogP contribution in [-0.4, -0.2) is 17.5 Å². The Morgan fingerprint density at radius 1 is 1.45 bits per heavy atom. The molecule has 0 heterocycles. The summed E-state index contributed by atoms with van der Waals surface area (Å²) < 4.78 is 0. The van der Waals surface area contributed by atoms with Gasteiger partial charge in [-0.25, -0.2) is 0 Å². The molecule has 0 amide bonds. The molecule has 0 radical (unpaired) electrons. The van der Waals surface area contributed by atoms with E-state index in [1.165, 1.54) is 6.07 Å². The summed E-state index contributed by atoms with van der Waals surface area (Å²) in [6.07, 6.45) is 3.14. The maximum Gasteiger partial charge on any atom is 0.287 e. The van der Waals surface area contributed by atoms with Crippen molar-refractivity contribution in [2.75, 3.05) is 11.4 Å². The van der Waals surface area contributed by atoms with Gasteiger partial charge in [0.15, 0.2) is 0 Å². The first-order valence-corrected chi connectivity index (χ1v) is 7.00. The van der Waals surface area contributed by atoms with Gasteiger partial charge < -0.3 is 4.90 Å². The molecule has 5 heteroatoms. The molecule has 1 unspecified atom stereocenters. The summed E-state index contributed by atoms with van der Waals surface area (Å²) >= 11 is 0. The first-order valence-electron chi connectivity index (χ1n) is 7.00. The zero-order valence-corrected chi connectivity index (χ0v) is 12.3. The van der Waals surface area contributed by atoms with Crippen LogP contribution in [0, 0.1) is 21.4 Å². The van der Waals surface area contributed by atoms with Crippen LogP contribution in [0.25, 0.3) is 0 Å². The fraction of sp³-hybridized carbons (Fsp3) is 0.533. The molecule has 0 N–H and O–H groups in total. The Morgan fingerprint density at radius 3 is 2.65 bits per heavy atom. The van der Waals surface area contributed by atoms with Gasteiger partial charge in [0.25, 0.3) is 5.69 Å². The molecule has 1 atom stereocenters. The van der Waals surface area contributed by atoms with E-state index in [1.807, 2.05) is 6.07 Å². The largest absolute Gasteiger partial charge is 0.369 e. The quantitative estimate of drug-likeness (QED) is 0.559. The summed E-state index contributed by atoms with van der Waals surface area (Å²) in [6.45, 7) is 7.27. The van der Waals surface area contributed by atoms with E-state index in [-0.39, 0.29) is 11.3 Å². The number of nitro groups is 1. The summed E-state index contributed by atoms with van der Waals surface area (Å²) in [6, 6.07) is 7.05. The number of nitro benzene ring substituents is 1. The molecule has 0 aliphatic heterocycles. The van der Waals surface area contributed by atoms with Gasteiger partial charge in [-0.05, 0) is 31.9 Å². The Bertz CT molecular complexity index is 508. The number of benzene rings is 1. The highest BCUT2D eigenvalue weighted by atomic mass is 16.6. The van der Waals surface area contributed by atoms with E-state index >= 15 is 0 Å². The minimum Gasteiger partial charge on any atom is -0.369 e. The number of hydrogen-bond donors (Lipinski definition) is 0. The maximum absolute atomic E-state index is 10.9. The lowest BCUT2D eigenvalue weighted by molar-refractivity contribution is -0.385. The third kappa shape index (κ3) is 3.70. The van der Waals surface area contributed by atoms with Crippen molar-refractivity contribution >= 4 is 11.4 Å². The van der Waals surface area contributed by atoms with Gasteiger partial charge in [0.2, 0.25) is 0 Å². The van der Waals surface area contributed by atoms with Crippen molar-refractivity contribution in [2.24, 2.45) is 0 Å². The van der Waals surface area contributed by atoms with E-state index in [4.69, 9.17) is 5.26 Å². The molecule has 0 saturated heterocycles. The molecule has 108 valence electrons. The van der Waals surface area contributed by atoms with Crippen LogP contribution in [0.3, 0.4) is 0 Å². The van der Waals surface area contributed by atoms with Gasteiger partial charge in [0, 0.05) is 24.3 Å². The topological polar surface area (TPSA) is 70.2 Å². The number of hydrogen-bond acceptors (Lipinski definition) is 4. The van der Waals surface area contributed by atoms with E-state index in [0.29, 0.717) is 6.04 Å². The minimum absolute atomic E-state index is 0.123. The van der Waals surface area contributed by atoms with Gasteiger partial charge in [0.1, 0.15) is 11.6 Å². The molecular weight excluding hydrogens is 254 g/mol. The molecule has 0 bridgehead atoms. The summed E-state index contributed by atoms with van der Waals surface area (Å²) in [7, 11) is 0. The van der Waals surface area contributed by atoms with Gasteiger partial charge in [0.05, 0.1) is 4.92 Å². The molecule has 5 nitrogen and oxygen atoms in total. The number of unbranched alkanes of at least 4 members (excludes halogenated alkanes) is 1. The maximum atomic E-state index is 10.9. The average Bonchev–Trinajstić information content (AvgIpc) is 2.46. The van der Waals surface area contributed by atoms with Gasteiger partial charge in [-0.1, -0.05) is 20.3 Å². The Kier molecular flexibility index (Phi) is 5.98. The second-order valence-corrected chi connectivity index (χ2v) is 4.87. The van der Waals surface area contributed by atoms with Gasteiger partial charge in [-0.15, -0.1) is 0 Å². The highest BCUT2D eigenvalue weighted by molar-refractivity contribution is 5.60. The first-order chi connectivity index (χ1) is 9.54. The number of anilines is 1. The molecule has 0 spiro atoms. The van der Waals surface area contributed by atoms with Gasteiger partial charge in [-0.3, -0.25) is 10.1 Å². The predicted octanol–water partition coefficient (Wildman–Crippen LogP) is 3.87. The normalized spacial score (nSPS) is 11.7. The SMILES string of the molecule is CCCCN(c1ccc([N+](=O)[O-])c(C#N)c1)C(C)CC. The zero-order chi connectivity index (χ0) is 15.1. The molecule has 1 rings (SSSR count). The predicted molar refractivity (Wildman–Crippen MR) is 79.8 cm³/mol. The zero-order valence-electron chi connectivity index (χ0n) is 12.3. The molecule has 0 aliphatic carbocycles. The van der Waals surface area contributed by atoms with Gasteiger partial charge in [-0.2, -0.15) is 5.26 Å². The Balaban J connectivity index is 3.14. The monoisotopic (exact) mass is 275 g/mol. The van der Waals surface area contributed by atoms with E-state index in [2.05, 4.69) is 25.7 Å². The summed E-state index contributed by atoms with van der Waals surface area (Å²) in [5.74, 6) is 0. The summed E-state index contributed by atoms with van der Waals surface area (Å²) in [5, 5.41) is 19.9. The second-order valence-electron chi connectivity index (χ2n) is 4.87.